The van der Waals surface area contributed by atoms with Gasteiger partial charge in [0.25, 0.3) is 5.91 Å². The Hall–Kier alpha value is -3.25. The summed E-state index contributed by atoms with van der Waals surface area (Å²) in [6.07, 6.45) is -3.00. The van der Waals surface area contributed by atoms with Crippen molar-refractivity contribution < 1.29 is 33.8 Å². The normalized spacial score (nSPS) is 20.7. The van der Waals surface area contributed by atoms with Gasteiger partial charge in [0.2, 0.25) is 17.7 Å². The zero-order valence-corrected chi connectivity index (χ0v) is 17.7. The highest BCUT2D eigenvalue weighted by atomic mass is 19.1. The molecule has 0 saturated carbocycles. The van der Waals surface area contributed by atoms with E-state index in [1.165, 1.54) is 38.1 Å². The SMILES string of the molecule is CC(=O)N[C@H](C(=O)N[C@@H](Cc1ccc(O)cc1)C(=O)N1C[C@@H](F)C[C@H]1C(=O)NN)[C@@H](C)O. The fraction of sp³-hybridized carbons (Fsp3) is 0.500. The number of phenolic OH excluding ortho intramolecular Hbond substituents is 1. The van der Waals surface area contributed by atoms with Gasteiger partial charge in [-0.3, -0.25) is 24.6 Å². The number of aliphatic hydroxyl groups is 1. The van der Waals surface area contributed by atoms with E-state index in [9.17, 15) is 33.8 Å². The number of halogens is 1. The summed E-state index contributed by atoms with van der Waals surface area (Å²) < 4.78 is 14.0. The minimum absolute atomic E-state index is 0.0000143. The van der Waals surface area contributed by atoms with Gasteiger partial charge < -0.3 is 25.7 Å². The maximum Gasteiger partial charge on any atom is 0.256 e. The molecule has 0 radical (unpaired) electrons. The Bertz CT molecular complexity index is 849. The van der Waals surface area contributed by atoms with Gasteiger partial charge in [-0.05, 0) is 24.6 Å². The van der Waals surface area contributed by atoms with Crippen LogP contribution in [0.25, 0.3) is 0 Å². The number of nitrogens with two attached hydrogens (primary N) is 1. The van der Waals surface area contributed by atoms with Crippen molar-refractivity contribution in [2.75, 3.05) is 6.54 Å². The summed E-state index contributed by atoms with van der Waals surface area (Å²) in [7, 11) is 0. The number of benzene rings is 1. The number of phenols is 1. The first-order valence-corrected chi connectivity index (χ1v) is 10.0. The predicted molar refractivity (Wildman–Crippen MR) is 110 cm³/mol. The third kappa shape index (κ3) is 6.37. The number of likely N-dealkylation sites (tertiary alicyclic amines) is 1. The van der Waals surface area contributed by atoms with Crippen LogP contribution in [0.2, 0.25) is 0 Å². The van der Waals surface area contributed by atoms with E-state index < -0.39 is 54.0 Å². The molecule has 1 heterocycles. The number of hydrazine groups is 1. The highest BCUT2D eigenvalue weighted by molar-refractivity contribution is 5.94. The van der Waals surface area contributed by atoms with E-state index >= 15 is 0 Å². The molecule has 1 aliphatic rings. The summed E-state index contributed by atoms with van der Waals surface area (Å²) in [4.78, 5) is 50.5. The number of hydrogen-bond donors (Lipinski definition) is 6. The van der Waals surface area contributed by atoms with E-state index in [1.807, 2.05) is 5.43 Å². The summed E-state index contributed by atoms with van der Waals surface area (Å²) >= 11 is 0. The summed E-state index contributed by atoms with van der Waals surface area (Å²) in [5, 5.41) is 24.1. The molecule has 0 bridgehead atoms. The van der Waals surface area contributed by atoms with Crippen molar-refractivity contribution in [1.82, 2.24) is 21.0 Å². The molecule has 11 nitrogen and oxygen atoms in total. The van der Waals surface area contributed by atoms with E-state index in [2.05, 4.69) is 10.6 Å². The fourth-order valence-electron chi connectivity index (χ4n) is 3.53. The second kappa shape index (κ2) is 10.9. The number of hydrogen-bond acceptors (Lipinski definition) is 7. The minimum atomic E-state index is -1.45. The molecule has 2 rings (SSSR count). The number of carbonyl (C=O) groups excluding carboxylic acids is 4. The molecule has 4 amide bonds. The van der Waals surface area contributed by atoms with E-state index in [1.54, 1.807) is 0 Å². The lowest BCUT2D eigenvalue weighted by Gasteiger charge is -2.29. The Morgan fingerprint density at radius 3 is 2.38 bits per heavy atom. The quantitative estimate of drug-likeness (QED) is 0.153. The molecule has 12 heteroatoms. The fourth-order valence-corrected chi connectivity index (χ4v) is 3.53. The lowest BCUT2D eigenvalue weighted by molar-refractivity contribution is -0.142. The van der Waals surface area contributed by atoms with Crippen molar-refractivity contribution in [3.63, 3.8) is 0 Å². The maximum absolute atomic E-state index is 14.0. The van der Waals surface area contributed by atoms with Crippen LogP contribution < -0.4 is 21.9 Å². The highest BCUT2D eigenvalue weighted by Gasteiger charge is 2.42. The average molecular weight is 453 g/mol. The van der Waals surface area contributed by atoms with Crippen LogP contribution in [0.1, 0.15) is 25.8 Å². The van der Waals surface area contributed by atoms with Crippen molar-refractivity contribution in [1.29, 1.82) is 0 Å². The van der Waals surface area contributed by atoms with Crippen LogP contribution in [-0.4, -0.2) is 75.7 Å². The number of alkyl halides is 1. The summed E-state index contributed by atoms with van der Waals surface area (Å²) in [5.74, 6) is 2.29. The molecule has 0 aliphatic carbocycles. The zero-order chi connectivity index (χ0) is 24.0. The molecule has 1 saturated heterocycles. The average Bonchev–Trinajstić information content (AvgIpc) is 3.13. The number of carbonyl (C=O) groups is 4. The Morgan fingerprint density at radius 2 is 1.84 bits per heavy atom. The Labute approximate surface area is 184 Å². The topological polar surface area (TPSA) is 174 Å². The van der Waals surface area contributed by atoms with Crippen molar-refractivity contribution in [2.45, 2.75) is 57.1 Å². The Morgan fingerprint density at radius 1 is 1.22 bits per heavy atom. The van der Waals surface area contributed by atoms with Crippen LogP contribution in [0.4, 0.5) is 4.39 Å². The number of aliphatic hydroxyl groups excluding tert-OH is 1. The molecule has 32 heavy (non-hydrogen) atoms. The molecule has 7 N–H and O–H groups in total. The van der Waals surface area contributed by atoms with Gasteiger partial charge in [0, 0.05) is 19.8 Å². The Balaban J connectivity index is 2.31. The predicted octanol–water partition coefficient (Wildman–Crippen LogP) is -1.77. The van der Waals surface area contributed by atoms with Crippen molar-refractivity contribution >= 4 is 23.6 Å². The largest absolute Gasteiger partial charge is 0.508 e. The lowest BCUT2D eigenvalue weighted by Crippen LogP contribution is -2.59. The molecule has 1 aliphatic heterocycles. The van der Waals surface area contributed by atoms with Gasteiger partial charge in [-0.15, -0.1) is 0 Å². The number of amides is 4. The summed E-state index contributed by atoms with van der Waals surface area (Å²) in [6.45, 7) is 2.11. The molecule has 1 aromatic rings. The van der Waals surface area contributed by atoms with Gasteiger partial charge in [-0.25, -0.2) is 10.2 Å². The van der Waals surface area contributed by atoms with Crippen molar-refractivity contribution in [2.24, 2.45) is 5.84 Å². The van der Waals surface area contributed by atoms with Crippen LogP contribution in [0.3, 0.4) is 0 Å². The third-order valence-corrected chi connectivity index (χ3v) is 5.09. The molecule has 5 atom stereocenters. The molecule has 176 valence electrons. The standard InChI is InChI=1S/C20H28FN5O6/c1-10(27)17(23-11(2)28)19(31)24-15(7-12-3-5-14(29)6-4-12)20(32)26-9-13(21)8-16(26)18(30)25-22/h3-6,10,13,15-17,27,29H,7-9,22H2,1-2H3,(H,23,28)(H,24,31)(H,25,30)/t10-,13+,15+,16+,17+/m1/s1. The Kier molecular flexibility index (Phi) is 8.49. The number of aromatic hydroxyl groups is 1. The van der Waals surface area contributed by atoms with E-state index in [0.29, 0.717) is 5.56 Å². The van der Waals surface area contributed by atoms with E-state index in [-0.39, 0.29) is 25.1 Å². The number of nitrogens with one attached hydrogen (secondary N) is 3. The van der Waals surface area contributed by atoms with Gasteiger partial charge in [0.05, 0.1) is 12.6 Å². The smallest absolute Gasteiger partial charge is 0.256 e. The maximum atomic E-state index is 14.0. The van der Waals surface area contributed by atoms with Gasteiger partial charge in [0.15, 0.2) is 0 Å². The van der Waals surface area contributed by atoms with Gasteiger partial charge in [-0.1, -0.05) is 12.1 Å². The number of nitrogens with zero attached hydrogens (tertiary/aromatic N) is 1. The van der Waals surface area contributed by atoms with Crippen LogP contribution >= 0.6 is 0 Å². The summed E-state index contributed by atoms with van der Waals surface area (Å²) in [5.41, 5.74) is 2.47. The van der Waals surface area contributed by atoms with Crippen LogP contribution in [0, 0.1) is 0 Å². The van der Waals surface area contributed by atoms with Crippen LogP contribution in [-0.2, 0) is 25.6 Å². The van der Waals surface area contributed by atoms with Crippen LogP contribution in [0.5, 0.6) is 5.75 Å². The van der Waals surface area contributed by atoms with E-state index in [4.69, 9.17) is 5.84 Å². The monoisotopic (exact) mass is 453 g/mol. The molecular formula is C20H28FN5O6. The molecule has 0 spiro atoms. The first-order valence-electron chi connectivity index (χ1n) is 10.0. The summed E-state index contributed by atoms with van der Waals surface area (Å²) in [6, 6.07) is 2.13. The van der Waals surface area contributed by atoms with Gasteiger partial charge >= 0.3 is 0 Å². The van der Waals surface area contributed by atoms with Crippen LogP contribution in [0.15, 0.2) is 24.3 Å². The molecule has 1 fully saturated rings. The highest BCUT2D eigenvalue weighted by Crippen LogP contribution is 2.22. The van der Waals surface area contributed by atoms with Crippen molar-refractivity contribution in [3.8, 4) is 5.75 Å². The van der Waals surface area contributed by atoms with E-state index in [0.717, 1.165) is 4.90 Å². The lowest BCUT2D eigenvalue weighted by atomic mass is 10.0. The minimum Gasteiger partial charge on any atom is -0.508 e. The third-order valence-electron chi connectivity index (χ3n) is 5.09. The van der Waals surface area contributed by atoms with Gasteiger partial charge in [-0.2, -0.15) is 0 Å². The second-order valence-electron chi connectivity index (χ2n) is 7.70. The van der Waals surface area contributed by atoms with Gasteiger partial charge in [0.1, 0.15) is 30.0 Å². The molecule has 0 unspecified atom stereocenters. The molecular weight excluding hydrogens is 425 g/mol. The molecule has 1 aromatic carbocycles. The first-order chi connectivity index (χ1) is 15.0. The first kappa shape index (κ1) is 25.0. The second-order valence-corrected chi connectivity index (χ2v) is 7.70. The molecule has 0 aromatic heterocycles. The number of rotatable bonds is 8. The van der Waals surface area contributed by atoms with Crippen molar-refractivity contribution in [3.05, 3.63) is 29.8 Å². The zero-order valence-electron chi connectivity index (χ0n) is 17.7.